The van der Waals surface area contributed by atoms with Crippen LogP contribution in [0.3, 0.4) is 0 Å². The van der Waals surface area contributed by atoms with Crippen molar-refractivity contribution in [3.63, 3.8) is 0 Å². The number of rotatable bonds is 5. The molecule has 1 atom stereocenters. The normalized spacial score (nSPS) is 34.3. The van der Waals surface area contributed by atoms with Gasteiger partial charge < -0.3 is 10.1 Å². The third-order valence-electron chi connectivity index (χ3n) is 4.25. The van der Waals surface area contributed by atoms with Crippen molar-refractivity contribution < 1.29 is 4.74 Å². The van der Waals surface area contributed by atoms with E-state index >= 15 is 0 Å². The van der Waals surface area contributed by atoms with E-state index in [1.54, 1.807) is 0 Å². The minimum Gasteiger partial charge on any atom is -0.378 e. The van der Waals surface area contributed by atoms with Crippen molar-refractivity contribution in [3.05, 3.63) is 0 Å². The molecule has 1 aliphatic carbocycles. The van der Waals surface area contributed by atoms with Gasteiger partial charge in [0.15, 0.2) is 0 Å². The first-order chi connectivity index (χ1) is 8.69. The van der Waals surface area contributed by atoms with Crippen LogP contribution in [0.5, 0.6) is 0 Å². The maximum atomic E-state index is 5.68. The van der Waals surface area contributed by atoms with Gasteiger partial charge in [-0.15, -0.1) is 0 Å². The smallest absolute Gasteiger partial charge is 0.0604 e. The summed E-state index contributed by atoms with van der Waals surface area (Å²) in [5.74, 6) is 0.792. The lowest BCUT2D eigenvalue weighted by Crippen LogP contribution is -2.51. The van der Waals surface area contributed by atoms with E-state index in [2.05, 4.69) is 31.0 Å². The second-order valence-corrected chi connectivity index (χ2v) is 6.33. The molecule has 0 spiro atoms. The molecule has 106 valence electrons. The molecule has 18 heavy (non-hydrogen) atoms. The quantitative estimate of drug-likeness (QED) is 0.814. The van der Waals surface area contributed by atoms with Gasteiger partial charge in [0.25, 0.3) is 0 Å². The van der Waals surface area contributed by atoms with Crippen LogP contribution in [0, 0.1) is 5.92 Å². The maximum absolute atomic E-state index is 5.68. The number of ether oxygens (including phenoxy) is 1. The van der Waals surface area contributed by atoms with Crippen LogP contribution < -0.4 is 5.32 Å². The highest BCUT2D eigenvalue weighted by atomic mass is 16.5. The van der Waals surface area contributed by atoms with Crippen LogP contribution in [-0.2, 0) is 4.74 Å². The fourth-order valence-electron chi connectivity index (χ4n) is 3.29. The standard InChI is InChI=1S/C15H30N2O/c1-4-18-15-9-14(10-15)17-7-5-6-16-13(11-17)8-12(2)3/h12-16H,4-11H2,1-3H3. The largest absolute Gasteiger partial charge is 0.378 e. The van der Waals surface area contributed by atoms with Crippen LogP contribution in [-0.4, -0.2) is 49.3 Å². The number of nitrogens with zero attached hydrogens (tertiary/aromatic N) is 1. The van der Waals surface area contributed by atoms with Crippen LogP contribution in [0.2, 0.25) is 0 Å². The molecule has 0 aromatic rings. The van der Waals surface area contributed by atoms with Crippen molar-refractivity contribution in [1.82, 2.24) is 10.2 Å². The van der Waals surface area contributed by atoms with Gasteiger partial charge in [-0.25, -0.2) is 0 Å². The van der Waals surface area contributed by atoms with Gasteiger partial charge in [0.05, 0.1) is 6.10 Å². The third kappa shape index (κ3) is 3.94. The Morgan fingerprint density at radius 3 is 2.78 bits per heavy atom. The minimum atomic E-state index is 0.541. The SMILES string of the molecule is CCOC1CC(N2CCCNC(CC(C)C)C2)C1. The molecule has 2 fully saturated rings. The molecule has 3 heteroatoms. The van der Waals surface area contributed by atoms with E-state index in [1.807, 2.05) is 0 Å². The molecule has 1 aliphatic heterocycles. The zero-order valence-electron chi connectivity index (χ0n) is 12.3. The van der Waals surface area contributed by atoms with Gasteiger partial charge in [-0.3, -0.25) is 4.90 Å². The lowest BCUT2D eigenvalue weighted by molar-refractivity contribution is -0.0468. The van der Waals surface area contributed by atoms with E-state index in [9.17, 15) is 0 Å². The summed E-state index contributed by atoms with van der Waals surface area (Å²) in [5, 5.41) is 3.71. The predicted molar refractivity (Wildman–Crippen MR) is 75.9 cm³/mol. The van der Waals surface area contributed by atoms with Gasteiger partial charge in [-0.2, -0.15) is 0 Å². The fourth-order valence-corrected chi connectivity index (χ4v) is 3.29. The van der Waals surface area contributed by atoms with Gasteiger partial charge >= 0.3 is 0 Å². The zero-order valence-corrected chi connectivity index (χ0v) is 12.3. The highest BCUT2D eigenvalue weighted by molar-refractivity contribution is 4.91. The van der Waals surface area contributed by atoms with Crippen LogP contribution in [0.4, 0.5) is 0 Å². The van der Waals surface area contributed by atoms with E-state index in [4.69, 9.17) is 4.74 Å². The molecule has 1 heterocycles. The minimum absolute atomic E-state index is 0.541. The second kappa shape index (κ2) is 6.88. The highest BCUT2D eigenvalue weighted by Crippen LogP contribution is 2.29. The average molecular weight is 254 g/mol. The summed E-state index contributed by atoms with van der Waals surface area (Å²) in [6, 6.07) is 1.48. The van der Waals surface area contributed by atoms with E-state index in [-0.39, 0.29) is 0 Å². The Morgan fingerprint density at radius 1 is 1.33 bits per heavy atom. The number of hydrogen-bond acceptors (Lipinski definition) is 3. The maximum Gasteiger partial charge on any atom is 0.0604 e. The Kier molecular flexibility index (Phi) is 5.46. The molecule has 0 aromatic heterocycles. The van der Waals surface area contributed by atoms with Crippen molar-refractivity contribution >= 4 is 0 Å². The van der Waals surface area contributed by atoms with Crippen LogP contribution >= 0.6 is 0 Å². The van der Waals surface area contributed by atoms with Crippen LogP contribution in [0.25, 0.3) is 0 Å². The lowest BCUT2D eigenvalue weighted by Gasteiger charge is -2.43. The summed E-state index contributed by atoms with van der Waals surface area (Å²) in [6.07, 6.45) is 5.65. The molecule has 1 saturated heterocycles. The molecule has 3 nitrogen and oxygen atoms in total. The van der Waals surface area contributed by atoms with Crippen molar-refractivity contribution in [2.24, 2.45) is 5.92 Å². The van der Waals surface area contributed by atoms with Gasteiger partial charge in [0.2, 0.25) is 0 Å². The first-order valence-electron chi connectivity index (χ1n) is 7.78. The molecule has 0 bridgehead atoms. The van der Waals surface area contributed by atoms with E-state index < -0.39 is 0 Å². The predicted octanol–water partition coefficient (Wildman–Crippen LogP) is 2.26. The average Bonchev–Trinajstić information content (AvgIpc) is 2.47. The third-order valence-corrected chi connectivity index (χ3v) is 4.25. The van der Waals surface area contributed by atoms with Crippen molar-refractivity contribution in [2.45, 2.75) is 64.6 Å². The molecule has 0 amide bonds. The first kappa shape index (κ1) is 14.3. The molecule has 0 aromatic carbocycles. The van der Waals surface area contributed by atoms with Crippen molar-refractivity contribution in [2.75, 3.05) is 26.2 Å². The molecule has 2 aliphatic rings. The zero-order chi connectivity index (χ0) is 13.0. The van der Waals surface area contributed by atoms with Crippen LogP contribution in [0.1, 0.15) is 46.5 Å². The second-order valence-electron chi connectivity index (χ2n) is 6.33. The monoisotopic (exact) mass is 254 g/mol. The Balaban J connectivity index is 1.77. The summed E-state index contributed by atoms with van der Waals surface area (Å²) in [7, 11) is 0. The highest BCUT2D eigenvalue weighted by Gasteiger charge is 2.35. The van der Waals surface area contributed by atoms with Gasteiger partial charge in [-0.05, 0) is 51.6 Å². The summed E-state index contributed by atoms with van der Waals surface area (Å²) >= 11 is 0. The summed E-state index contributed by atoms with van der Waals surface area (Å²) in [6.45, 7) is 11.3. The molecular formula is C15H30N2O. The summed E-state index contributed by atoms with van der Waals surface area (Å²) in [4.78, 5) is 2.71. The summed E-state index contributed by atoms with van der Waals surface area (Å²) in [5.41, 5.74) is 0. The van der Waals surface area contributed by atoms with Crippen LogP contribution in [0.15, 0.2) is 0 Å². The Hall–Kier alpha value is -0.120. The molecule has 1 unspecified atom stereocenters. The van der Waals surface area contributed by atoms with Crippen molar-refractivity contribution in [3.8, 4) is 0 Å². The van der Waals surface area contributed by atoms with E-state index in [0.717, 1.165) is 18.6 Å². The summed E-state index contributed by atoms with van der Waals surface area (Å²) < 4.78 is 5.68. The molecule has 1 saturated carbocycles. The Labute approximate surface area is 112 Å². The molecular weight excluding hydrogens is 224 g/mol. The first-order valence-corrected chi connectivity index (χ1v) is 7.78. The number of hydrogen-bond donors (Lipinski definition) is 1. The van der Waals surface area contributed by atoms with E-state index in [0.29, 0.717) is 12.1 Å². The fraction of sp³-hybridized carbons (Fsp3) is 1.00. The molecule has 2 rings (SSSR count). The number of nitrogens with one attached hydrogen (secondary N) is 1. The lowest BCUT2D eigenvalue weighted by atomic mass is 9.87. The Morgan fingerprint density at radius 2 is 2.11 bits per heavy atom. The van der Waals surface area contributed by atoms with Gasteiger partial charge in [0, 0.05) is 25.2 Å². The Bertz CT molecular complexity index is 239. The molecule has 1 N–H and O–H groups in total. The van der Waals surface area contributed by atoms with Gasteiger partial charge in [0.1, 0.15) is 0 Å². The molecule has 0 radical (unpaired) electrons. The van der Waals surface area contributed by atoms with Gasteiger partial charge in [-0.1, -0.05) is 13.8 Å². The van der Waals surface area contributed by atoms with E-state index in [1.165, 1.54) is 45.3 Å². The topological polar surface area (TPSA) is 24.5 Å². The van der Waals surface area contributed by atoms with Crippen molar-refractivity contribution in [1.29, 1.82) is 0 Å².